The van der Waals surface area contributed by atoms with E-state index >= 15 is 0 Å². The summed E-state index contributed by atoms with van der Waals surface area (Å²) in [4.78, 5) is 22.8. The van der Waals surface area contributed by atoms with Crippen molar-refractivity contribution in [1.82, 2.24) is 0 Å². The molecule has 0 aromatic heterocycles. The van der Waals surface area contributed by atoms with Gasteiger partial charge >= 0.3 is 5.97 Å². The fourth-order valence-corrected chi connectivity index (χ4v) is 2.09. The van der Waals surface area contributed by atoms with E-state index in [1.807, 2.05) is 6.07 Å². The van der Waals surface area contributed by atoms with Crippen molar-refractivity contribution in [3.8, 4) is 11.8 Å². The summed E-state index contributed by atoms with van der Waals surface area (Å²) in [5, 5.41) is 20.3. The zero-order chi connectivity index (χ0) is 15.4. The maximum atomic E-state index is 12.1. The SMILES string of the molecule is COc1cc(C#N)ccc1NC(=O)C1CCC(C(=O)O)O1. The molecular formula is C14H14N2O5. The molecule has 0 spiro atoms. The molecule has 21 heavy (non-hydrogen) atoms. The average molecular weight is 290 g/mol. The lowest BCUT2D eigenvalue weighted by atomic mass is 10.1. The summed E-state index contributed by atoms with van der Waals surface area (Å²) in [6, 6.07) is 6.58. The minimum atomic E-state index is -1.07. The molecule has 2 rings (SSSR count). The second-order valence-corrected chi connectivity index (χ2v) is 4.55. The van der Waals surface area contributed by atoms with Crippen molar-refractivity contribution in [2.75, 3.05) is 12.4 Å². The lowest BCUT2D eigenvalue weighted by Crippen LogP contribution is -2.30. The van der Waals surface area contributed by atoms with Crippen LogP contribution in [0.2, 0.25) is 0 Å². The number of nitriles is 1. The number of carbonyl (C=O) groups is 2. The number of carbonyl (C=O) groups excluding carboxylic acids is 1. The minimum Gasteiger partial charge on any atom is -0.495 e. The first kappa shape index (κ1) is 14.8. The number of anilines is 1. The maximum Gasteiger partial charge on any atom is 0.332 e. The van der Waals surface area contributed by atoms with Crippen molar-refractivity contribution < 1.29 is 24.2 Å². The van der Waals surface area contributed by atoms with Gasteiger partial charge in [0.1, 0.15) is 11.9 Å². The molecule has 1 saturated heterocycles. The predicted octanol–water partition coefficient (Wildman–Crippen LogP) is 1.14. The molecule has 1 aromatic carbocycles. The highest BCUT2D eigenvalue weighted by molar-refractivity contribution is 5.96. The van der Waals surface area contributed by atoms with Crippen LogP contribution in [0.5, 0.6) is 5.75 Å². The quantitative estimate of drug-likeness (QED) is 0.860. The van der Waals surface area contributed by atoms with Gasteiger partial charge in [0.05, 0.1) is 24.4 Å². The molecule has 1 fully saturated rings. The number of aliphatic carboxylic acids is 1. The van der Waals surface area contributed by atoms with E-state index in [0.29, 0.717) is 29.8 Å². The molecule has 7 nitrogen and oxygen atoms in total. The highest BCUT2D eigenvalue weighted by atomic mass is 16.5. The molecule has 110 valence electrons. The lowest BCUT2D eigenvalue weighted by molar-refractivity contribution is -0.150. The second kappa shape index (κ2) is 6.24. The van der Waals surface area contributed by atoms with Gasteiger partial charge in [0.25, 0.3) is 5.91 Å². The number of nitrogens with one attached hydrogen (secondary N) is 1. The van der Waals surface area contributed by atoms with Crippen LogP contribution in [0.25, 0.3) is 0 Å². The van der Waals surface area contributed by atoms with Gasteiger partial charge in [0.15, 0.2) is 6.10 Å². The molecule has 2 N–H and O–H groups in total. The number of methoxy groups -OCH3 is 1. The molecule has 2 unspecified atom stereocenters. The second-order valence-electron chi connectivity index (χ2n) is 4.55. The Morgan fingerprint density at radius 2 is 2.14 bits per heavy atom. The Labute approximate surface area is 121 Å². The maximum absolute atomic E-state index is 12.1. The van der Waals surface area contributed by atoms with Crippen LogP contribution >= 0.6 is 0 Å². The minimum absolute atomic E-state index is 0.303. The number of benzene rings is 1. The number of carboxylic acid groups (broad SMARTS) is 1. The van der Waals surface area contributed by atoms with Crippen LogP contribution in [-0.4, -0.2) is 36.3 Å². The lowest BCUT2D eigenvalue weighted by Gasteiger charge is -2.14. The van der Waals surface area contributed by atoms with Crippen LogP contribution in [0.3, 0.4) is 0 Å². The Kier molecular flexibility index (Phi) is 4.40. The number of rotatable bonds is 4. The summed E-state index contributed by atoms with van der Waals surface area (Å²) >= 11 is 0. The molecule has 1 heterocycles. The first-order chi connectivity index (χ1) is 10.0. The first-order valence-electron chi connectivity index (χ1n) is 6.32. The van der Waals surface area contributed by atoms with E-state index in [4.69, 9.17) is 19.8 Å². The number of nitrogens with zero attached hydrogens (tertiary/aromatic N) is 1. The molecule has 0 saturated carbocycles. The van der Waals surface area contributed by atoms with E-state index in [1.54, 1.807) is 12.1 Å². The molecule has 0 aliphatic carbocycles. The monoisotopic (exact) mass is 290 g/mol. The van der Waals surface area contributed by atoms with Gasteiger partial charge in [-0.05, 0) is 25.0 Å². The zero-order valence-corrected chi connectivity index (χ0v) is 11.3. The zero-order valence-electron chi connectivity index (χ0n) is 11.3. The van der Waals surface area contributed by atoms with Crippen molar-refractivity contribution in [3.63, 3.8) is 0 Å². The fraction of sp³-hybridized carbons (Fsp3) is 0.357. The summed E-state index contributed by atoms with van der Waals surface area (Å²) in [5.41, 5.74) is 0.816. The van der Waals surface area contributed by atoms with E-state index in [0.717, 1.165) is 0 Å². The van der Waals surface area contributed by atoms with Crippen LogP contribution < -0.4 is 10.1 Å². The number of ether oxygens (including phenoxy) is 2. The molecule has 0 radical (unpaired) electrons. The average Bonchev–Trinajstić information content (AvgIpc) is 2.97. The van der Waals surface area contributed by atoms with E-state index in [1.165, 1.54) is 13.2 Å². The number of amides is 1. The third-order valence-corrected chi connectivity index (χ3v) is 3.18. The van der Waals surface area contributed by atoms with E-state index in [9.17, 15) is 9.59 Å². The molecule has 1 aliphatic heterocycles. The highest BCUT2D eigenvalue weighted by Crippen LogP contribution is 2.27. The van der Waals surface area contributed by atoms with E-state index in [2.05, 4.69) is 5.32 Å². The highest BCUT2D eigenvalue weighted by Gasteiger charge is 2.34. The Morgan fingerprint density at radius 3 is 2.71 bits per heavy atom. The topological polar surface area (TPSA) is 109 Å². The Morgan fingerprint density at radius 1 is 1.43 bits per heavy atom. The van der Waals surface area contributed by atoms with Crippen molar-refractivity contribution in [1.29, 1.82) is 5.26 Å². The van der Waals surface area contributed by atoms with Gasteiger partial charge in [-0.25, -0.2) is 4.79 Å². The van der Waals surface area contributed by atoms with Crippen LogP contribution in [0.1, 0.15) is 18.4 Å². The summed E-state index contributed by atoms with van der Waals surface area (Å²) in [6.07, 6.45) is -1.09. The normalized spacial score (nSPS) is 20.6. The summed E-state index contributed by atoms with van der Waals surface area (Å²) in [7, 11) is 1.43. The largest absolute Gasteiger partial charge is 0.495 e. The molecule has 1 aliphatic rings. The van der Waals surface area contributed by atoms with Crippen LogP contribution in [0.4, 0.5) is 5.69 Å². The molecule has 1 aromatic rings. The third-order valence-electron chi connectivity index (χ3n) is 3.18. The molecular weight excluding hydrogens is 276 g/mol. The van der Waals surface area contributed by atoms with Crippen molar-refractivity contribution >= 4 is 17.6 Å². The van der Waals surface area contributed by atoms with Crippen molar-refractivity contribution in [2.24, 2.45) is 0 Å². The van der Waals surface area contributed by atoms with Gasteiger partial charge in [-0.15, -0.1) is 0 Å². The summed E-state index contributed by atoms with van der Waals surface area (Å²) in [6.45, 7) is 0. The van der Waals surface area contributed by atoms with Crippen LogP contribution in [0, 0.1) is 11.3 Å². The van der Waals surface area contributed by atoms with Crippen LogP contribution in [-0.2, 0) is 14.3 Å². The third kappa shape index (κ3) is 3.30. The number of hydrogen-bond acceptors (Lipinski definition) is 5. The molecule has 2 atom stereocenters. The van der Waals surface area contributed by atoms with Gasteiger partial charge in [0.2, 0.25) is 0 Å². The van der Waals surface area contributed by atoms with Gasteiger partial charge in [-0.2, -0.15) is 5.26 Å². The Bertz CT molecular complexity index is 608. The molecule has 0 bridgehead atoms. The first-order valence-corrected chi connectivity index (χ1v) is 6.32. The van der Waals surface area contributed by atoms with Crippen molar-refractivity contribution in [2.45, 2.75) is 25.0 Å². The standard InChI is InChI=1S/C14H14N2O5/c1-20-12-6-8(7-15)2-3-9(12)16-13(17)10-4-5-11(21-10)14(18)19/h2-3,6,10-11H,4-5H2,1H3,(H,16,17)(H,18,19). The van der Waals surface area contributed by atoms with Crippen LogP contribution in [0.15, 0.2) is 18.2 Å². The smallest absolute Gasteiger partial charge is 0.332 e. The van der Waals surface area contributed by atoms with Gasteiger partial charge < -0.3 is 19.9 Å². The van der Waals surface area contributed by atoms with Gasteiger partial charge in [-0.3, -0.25) is 4.79 Å². The van der Waals surface area contributed by atoms with Gasteiger partial charge in [-0.1, -0.05) is 0 Å². The Hall–Kier alpha value is -2.59. The van der Waals surface area contributed by atoms with Crippen molar-refractivity contribution in [3.05, 3.63) is 23.8 Å². The number of carboxylic acids is 1. The Balaban J connectivity index is 2.07. The number of hydrogen-bond donors (Lipinski definition) is 2. The fourth-order valence-electron chi connectivity index (χ4n) is 2.09. The predicted molar refractivity (Wildman–Crippen MR) is 71.9 cm³/mol. The molecule has 1 amide bonds. The molecule has 7 heteroatoms. The van der Waals surface area contributed by atoms with E-state index < -0.39 is 24.1 Å². The summed E-state index contributed by atoms with van der Waals surface area (Å²) in [5.74, 6) is -1.14. The van der Waals surface area contributed by atoms with E-state index in [-0.39, 0.29) is 0 Å². The summed E-state index contributed by atoms with van der Waals surface area (Å²) < 4.78 is 10.3. The van der Waals surface area contributed by atoms with Gasteiger partial charge in [0, 0.05) is 6.07 Å².